The lowest BCUT2D eigenvalue weighted by Gasteiger charge is -2.22. The standard InChI is InChI=1S/C20H26N4O2/c1-2-3-11-23-19(25)10-15-24(14-9-17-7-5-4-6-8-17)20(26)18-16-21-12-13-22-18/h4-8,12-13,16H,2-3,9-11,14-15H2,1H3,(H,23,25). The van der Waals surface area contributed by atoms with Gasteiger partial charge in [0, 0.05) is 38.4 Å². The largest absolute Gasteiger partial charge is 0.356 e. The predicted molar refractivity (Wildman–Crippen MR) is 101 cm³/mol. The first-order valence-electron chi connectivity index (χ1n) is 9.06. The molecule has 26 heavy (non-hydrogen) atoms. The maximum absolute atomic E-state index is 12.7. The van der Waals surface area contributed by atoms with Crippen LogP contribution in [0.3, 0.4) is 0 Å². The molecule has 0 bridgehead atoms. The second-order valence-electron chi connectivity index (χ2n) is 6.07. The van der Waals surface area contributed by atoms with Crippen LogP contribution in [0.4, 0.5) is 0 Å². The molecule has 0 aliphatic carbocycles. The number of amides is 2. The summed E-state index contributed by atoms with van der Waals surface area (Å²) in [7, 11) is 0. The average molecular weight is 354 g/mol. The van der Waals surface area contributed by atoms with E-state index in [9.17, 15) is 9.59 Å². The molecule has 0 unspecified atom stereocenters. The topological polar surface area (TPSA) is 75.2 Å². The predicted octanol–water partition coefficient (Wildman–Crippen LogP) is 2.47. The normalized spacial score (nSPS) is 10.3. The molecule has 1 aromatic heterocycles. The van der Waals surface area contributed by atoms with E-state index in [0.717, 1.165) is 24.8 Å². The van der Waals surface area contributed by atoms with Gasteiger partial charge in [0.15, 0.2) is 0 Å². The fraction of sp³-hybridized carbons (Fsp3) is 0.400. The minimum Gasteiger partial charge on any atom is -0.356 e. The Hall–Kier alpha value is -2.76. The molecule has 0 saturated carbocycles. The van der Waals surface area contributed by atoms with Crippen LogP contribution in [0.1, 0.15) is 42.2 Å². The van der Waals surface area contributed by atoms with Crippen LogP contribution >= 0.6 is 0 Å². The molecule has 6 nitrogen and oxygen atoms in total. The van der Waals surface area contributed by atoms with Crippen molar-refractivity contribution in [2.24, 2.45) is 0 Å². The maximum atomic E-state index is 12.7. The summed E-state index contributed by atoms with van der Waals surface area (Å²) in [6.45, 7) is 3.65. The molecular formula is C20H26N4O2. The highest BCUT2D eigenvalue weighted by Gasteiger charge is 2.18. The van der Waals surface area contributed by atoms with Crippen LogP contribution in [0.15, 0.2) is 48.9 Å². The Morgan fingerprint density at radius 3 is 2.62 bits per heavy atom. The lowest BCUT2D eigenvalue weighted by Crippen LogP contribution is -2.37. The molecule has 6 heteroatoms. The van der Waals surface area contributed by atoms with Crippen LogP contribution in [0, 0.1) is 0 Å². The van der Waals surface area contributed by atoms with E-state index in [4.69, 9.17) is 0 Å². The number of carbonyl (C=O) groups excluding carboxylic acids is 2. The Morgan fingerprint density at radius 2 is 1.92 bits per heavy atom. The van der Waals surface area contributed by atoms with Crippen molar-refractivity contribution in [1.29, 1.82) is 0 Å². The summed E-state index contributed by atoms with van der Waals surface area (Å²) in [6.07, 6.45) is 7.50. The van der Waals surface area contributed by atoms with Crippen molar-refractivity contribution in [2.45, 2.75) is 32.6 Å². The molecular weight excluding hydrogens is 328 g/mol. The first-order chi connectivity index (χ1) is 12.7. The van der Waals surface area contributed by atoms with Crippen LogP contribution in [0.5, 0.6) is 0 Å². The fourth-order valence-electron chi connectivity index (χ4n) is 2.52. The minimum atomic E-state index is -0.199. The Kier molecular flexibility index (Phi) is 8.26. The number of carbonyl (C=O) groups is 2. The quantitative estimate of drug-likeness (QED) is 0.665. The first kappa shape index (κ1) is 19.6. The lowest BCUT2D eigenvalue weighted by atomic mass is 10.1. The SMILES string of the molecule is CCCCNC(=O)CCN(CCc1ccccc1)C(=O)c1cnccn1. The van der Waals surface area contributed by atoms with Gasteiger partial charge in [-0.2, -0.15) is 0 Å². The summed E-state index contributed by atoms with van der Waals surface area (Å²) in [5.74, 6) is -0.231. The number of rotatable bonds is 10. The van der Waals surface area contributed by atoms with Crippen LogP contribution in [-0.4, -0.2) is 46.3 Å². The van der Waals surface area contributed by atoms with Gasteiger partial charge in [0.05, 0.1) is 6.20 Å². The molecule has 1 aromatic carbocycles. The zero-order valence-corrected chi connectivity index (χ0v) is 15.2. The zero-order valence-electron chi connectivity index (χ0n) is 15.2. The van der Waals surface area contributed by atoms with E-state index in [1.165, 1.54) is 18.6 Å². The molecule has 2 aromatic rings. The lowest BCUT2D eigenvalue weighted by molar-refractivity contribution is -0.121. The van der Waals surface area contributed by atoms with Gasteiger partial charge >= 0.3 is 0 Å². The van der Waals surface area contributed by atoms with E-state index in [1.807, 2.05) is 30.3 Å². The summed E-state index contributed by atoms with van der Waals surface area (Å²) in [5, 5.41) is 2.89. The second-order valence-corrected chi connectivity index (χ2v) is 6.07. The van der Waals surface area contributed by atoms with Gasteiger partial charge in [-0.1, -0.05) is 43.7 Å². The van der Waals surface area contributed by atoms with Gasteiger partial charge in [-0.25, -0.2) is 4.98 Å². The third-order valence-electron chi connectivity index (χ3n) is 4.04. The van der Waals surface area contributed by atoms with Crippen molar-refractivity contribution in [3.63, 3.8) is 0 Å². The summed E-state index contributed by atoms with van der Waals surface area (Å²) in [4.78, 5) is 34.4. The van der Waals surface area contributed by atoms with E-state index in [-0.39, 0.29) is 18.2 Å². The van der Waals surface area contributed by atoms with Crippen LogP contribution in [0.25, 0.3) is 0 Å². The Labute approximate surface area is 154 Å². The van der Waals surface area contributed by atoms with Crippen LogP contribution < -0.4 is 5.32 Å². The highest BCUT2D eigenvalue weighted by molar-refractivity contribution is 5.92. The first-order valence-corrected chi connectivity index (χ1v) is 9.06. The number of hydrogen-bond acceptors (Lipinski definition) is 4. The Morgan fingerprint density at radius 1 is 1.12 bits per heavy atom. The number of nitrogens with one attached hydrogen (secondary N) is 1. The monoisotopic (exact) mass is 354 g/mol. The molecule has 0 saturated heterocycles. The molecule has 1 N–H and O–H groups in total. The van der Waals surface area contributed by atoms with E-state index >= 15 is 0 Å². The van der Waals surface area contributed by atoms with Crippen molar-refractivity contribution in [3.8, 4) is 0 Å². The number of hydrogen-bond donors (Lipinski definition) is 1. The number of aromatic nitrogens is 2. The Balaban J connectivity index is 1.96. The summed E-state index contributed by atoms with van der Waals surface area (Å²) in [6, 6.07) is 9.98. The van der Waals surface area contributed by atoms with Gasteiger partial charge in [-0.3, -0.25) is 14.6 Å². The van der Waals surface area contributed by atoms with E-state index in [0.29, 0.717) is 25.3 Å². The van der Waals surface area contributed by atoms with Crippen molar-refractivity contribution >= 4 is 11.8 Å². The molecule has 0 aliphatic rings. The molecule has 0 spiro atoms. The van der Waals surface area contributed by atoms with E-state index < -0.39 is 0 Å². The number of unbranched alkanes of at least 4 members (excludes halogenated alkanes) is 1. The van der Waals surface area contributed by atoms with Crippen molar-refractivity contribution in [3.05, 3.63) is 60.2 Å². The smallest absolute Gasteiger partial charge is 0.274 e. The average Bonchev–Trinajstić information content (AvgIpc) is 2.69. The van der Waals surface area contributed by atoms with Gasteiger partial charge in [-0.15, -0.1) is 0 Å². The highest BCUT2D eigenvalue weighted by atomic mass is 16.2. The third-order valence-corrected chi connectivity index (χ3v) is 4.04. The fourth-order valence-corrected chi connectivity index (χ4v) is 2.52. The molecule has 0 aliphatic heterocycles. The molecule has 0 radical (unpaired) electrons. The molecule has 0 fully saturated rings. The highest BCUT2D eigenvalue weighted by Crippen LogP contribution is 2.06. The van der Waals surface area contributed by atoms with Gasteiger partial charge in [0.25, 0.3) is 5.91 Å². The van der Waals surface area contributed by atoms with Gasteiger partial charge in [0.1, 0.15) is 5.69 Å². The molecule has 0 atom stereocenters. The second kappa shape index (κ2) is 11.0. The van der Waals surface area contributed by atoms with Gasteiger partial charge in [0.2, 0.25) is 5.91 Å². The third kappa shape index (κ3) is 6.63. The van der Waals surface area contributed by atoms with Crippen LogP contribution in [-0.2, 0) is 11.2 Å². The molecule has 2 rings (SSSR count). The minimum absolute atomic E-state index is 0.0323. The summed E-state index contributed by atoms with van der Waals surface area (Å²) < 4.78 is 0. The van der Waals surface area contributed by atoms with E-state index in [2.05, 4.69) is 22.2 Å². The van der Waals surface area contributed by atoms with Gasteiger partial charge in [-0.05, 0) is 18.4 Å². The maximum Gasteiger partial charge on any atom is 0.274 e. The van der Waals surface area contributed by atoms with Crippen molar-refractivity contribution < 1.29 is 9.59 Å². The molecule has 138 valence electrons. The van der Waals surface area contributed by atoms with Gasteiger partial charge < -0.3 is 10.2 Å². The molecule has 2 amide bonds. The summed E-state index contributed by atoms with van der Waals surface area (Å²) >= 11 is 0. The number of nitrogens with zero attached hydrogens (tertiary/aromatic N) is 3. The van der Waals surface area contributed by atoms with E-state index in [1.54, 1.807) is 4.90 Å². The summed E-state index contributed by atoms with van der Waals surface area (Å²) in [5.41, 5.74) is 1.45. The Bertz CT molecular complexity index is 677. The van der Waals surface area contributed by atoms with Crippen molar-refractivity contribution in [2.75, 3.05) is 19.6 Å². The van der Waals surface area contributed by atoms with Crippen LogP contribution in [0.2, 0.25) is 0 Å². The zero-order chi connectivity index (χ0) is 18.6. The van der Waals surface area contributed by atoms with Crippen molar-refractivity contribution in [1.82, 2.24) is 20.2 Å². The number of benzene rings is 1. The molecule has 1 heterocycles.